The largest absolute Gasteiger partial charge is 0.309 e. The molecule has 0 saturated carbocycles. The van der Waals surface area contributed by atoms with Crippen LogP contribution in [0.2, 0.25) is 0 Å². The molecular formula is C22H21BrN4O3S. The van der Waals surface area contributed by atoms with Crippen molar-refractivity contribution in [2.75, 3.05) is 0 Å². The molecule has 0 spiro atoms. The molecule has 0 amide bonds. The van der Waals surface area contributed by atoms with Crippen molar-refractivity contribution in [2.24, 2.45) is 5.92 Å². The first kappa shape index (κ1) is 21.5. The fraction of sp³-hybridized carbons (Fsp3) is 0.227. The van der Waals surface area contributed by atoms with E-state index in [-0.39, 0.29) is 32.1 Å². The molecule has 3 heterocycles. The van der Waals surface area contributed by atoms with E-state index in [0.29, 0.717) is 17.8 Å². The van der Waals surface area contributed by atoms with Gasteiger partial charge in [0.05, 0.1) is 10.3 Å². The van der Waals surface area contributed by atoms with Crippen molar-refractivity contribution in [3.8, 4) is 0 Å². The van der Waals surface area contributed by atoms with Crippen LogP contribution < -0.4 is 11.0 Å². The smallest absolute Gasteiger partial charge is 0.267 e. The standard InChI is InChI=1S/C22H21BrN4O3S/c1-13(2)12-27-19(24)18(31(29,30)16-8-6-15(23)7-9-16)11-17-21(27)25-20-14(3)5-4-10-26(20)22(17)28/h4-11,13,24H,12H2,1-3H3. The van der Waals surface area contributed by atoms with Crippen molar-refractivity contribution >= 4 is 42.4 Å². The number of hydrogen-bond acceptors (Lipinski definition) is 5. The summed E-state index contributed by atoms with van der Waals surface area (Å²) in [4.78, 5) is 17.8. The minimum Gasteiger partial charge on any atom is -0.309 e. The van der Waals surface area contributed by atoms with E-state index in [2.05, 4.69) is 20.9 Å². The Bertz CT molecular complexity index is 1550. The molecule has 0 atom stereocenters. The normalized spacial score (nSPS) is 12.2. The molecule has 0 fully saturated rings. The first-order valence-corrected chi connectivity index (χ1v) is 12.0. The number of nitrogens with zero attached hydrogens (tertiary/aromatic N) is 3. The summed E-state index contributed by atoms with van der Waals surface area (Å²) in [6, 6.07) is 11.1. The molecule has 9 heteroatoms. The zero-order valence-electron chi connectivity index (χ0n) is 17.3. The summed E-state index contributed by atoms with van der Waals surface area (Å²) in [5.41, 5.74) is 1.06. The molecule has 0 saturated heterocycles. The van der Waals surface area contributed by atoms with Gasteiger partial charge in [-0.25, -0.2) is 13.4 Å². The lowest BCUT2D eigenvalue weighted by atomic mass is 10.2. The van der Waals surface area contributed by atoms with Gasteiger partial charge in [0.25, 0.3) is 5.56 Å². The Labute approximate surface area is 187 Å². The first-order valence-electron chi connectivity index (χ1n) is 9.72. The van der Waals surface area contributed by atoms with E-state index in [1.54, 1.807) is 24.4 Å². The summed E-state index contributed by atoms with van der Waals surface area (Å²) in [6.45, 7) is 6.14. The van der Waals surface area contributed by atoms with Gasteiger partial charge in [0.1, 0.15) is 21.7 Å². The summed E-state index contributed by atoms with van der Waals surface area (Å²) < 4.78 is 30.5. The maximum atomic E-state index is 13.4. The molecule has 160 valence electrons. The number of pyridine rings is 2. The number of fused-ring (bicyclic) bond motifs is 2. The lowest BCUT2D eigenvalue weighted by molar-refractivity contribution is 0.506. The number of nitrogens with one attached hydrogen (secondary N) is 1. The first-order chi connectivity index (χ1) is 14.6. The Balaban J connectivity index is 2.15. The summed E-state index contributed by atoms with van der Waals surface area (Å²) in [5.74, 6) is 0.111. The fourth-order valence-electron chi connectivity index (χ4n) is 3.56. The molecule has 1 aromatic carbocycles. The highest BCUT2D eigenvalue weighted by molar-refractivity contribution is 9.10. The second-order valence-corrected chi connectivity index (χ2v) is 10.7. The van der Waals surface area contributed by atoms with Gasteiger partial charge in [-0.2, -0.15) is 0 Å². The maximum Gasteiger partial charge on any atom is 0.267 e. The highest BCUT2D eigenvalue weighted by atomic mass is 79.9. The van der Waals surface area contributed by atoms with Crippen LogP contribution in [0.5, 0.6) is 0 Å². The van der Waals surface area contributed by atoms with Gasteiger partial charge in [-0.05, 0) is 54.8 Å². The van der Waals surface area contributed by atoms with Crippen molar-refractivity contribution in [1.29, 1.82) is 5.41 Å². The molecule has 0 aliphatic rings. The Morgan fingerprint density at radius 2 is 1.81 bits per heavy atom. The highest BCUT2D eigenvalue weighted by Gasteiger charge is 2.24. The van der Waals surface area contributed by atoms with Crippen molar-refractivity contribution in [3.05, 3.63) is 74.5 Å². The number of sulfone groups is 1. The Kier molecular flexibility index (Phi) is 5.35. The number of halogens is 1. The molecule has 31 heavy (non-hydrogen) atoms. The van der Waals surface area contributed by atoms with Gasteiger partial charge in [0, 0.05) is 17.2 Å². The average molecular weight is 501 g/mol. The number of aryl methyl sites for hydroxylation is 1. The summed E-state index contributed by atoms with van der Waals surface area (Å²) in [5, 5.41) is 8.89. The molecule has 3 aromatic heterocycles. The average Bonchev–Trinajstić information content (AvgIpc) is 2.71. The predicted octanol–water partition coefficient (Wildman–Crippen LogP) is 3.69. The molecule has 1 N–H and O–H groups in total. The lowest BCUT2D eigenvalue weighted by Gasteiger charge is -2.17. The molecule has 0 radical (unpaired) electrons. The van der Waals surface area contributed by atoms with E-state index in [9.17, 15) is 13.2 Å². The second-order valence-electron chi connectivity index (χ2n) is 7.86. The van der Waals surface area contributed by atoms with E-state index < -0.39 is 9.84 Å². The summed E-state index contributed by atoms with van der Waals surface area (Å²) in [7, 11) is -4.02. The molecule has 0 aliphatic carbocycles. The molecule has 7 nitrogen and oxygen atoms in total. The van der Waals surface area contributed by atoms with Crippen molar-refractivity contribution in [3.63, 3.8) is 0 Å². The molecule has 0 bridgehead atoms. The Hall–Kier alpha value is -2.78. The SMILES string of the molecule is Cc1cccn2c(=O)c3cc(S(=O)(=O)c4ccc(Br)cc4)c(=N)n(CC(C)C)c3nc12. The van der Waals surface area contributed by atoms with E-state index in [4.69, 9.17) is 5.41 Å². The van der Waals surface area contributed by atoms with Crippen LogP contribution in [0.4, 0.5) is 0 Å². The molecule has 0 aliphatic heterocycles. The van der Waals surface area contributed by atoms with Crippen LogP contribution in [0.1, 0.15) is 19.4 Å². The van der Waals surface area contributed by atoms with Crippen molar-refractivity contribution in [2.45, 2.75) is 37.1 Å². The molecular weight excluding hydrogens is 480 g/mol. The predicted molar refractivity (Wildman–Crippen MR) is 122 cm³/mol. The van der Waals surface area contributed by atoms with Crippen LogP contribution in [0, 0.1) is 18.3 Å². The number of aromatic nitrogens is 3. The fourth-order valence-corrected chi connectivity index (χ4v) is 5.21. The van der Waals surface area contributed by atoms with Gasteiger partial charge in [-0.1, -0.05) is 35.8 Å². The lowest BCUT2D eigenvalue weighted by Crippen LogP contribution is -2.31. The van der Waals surface area contributed by atoms with Gasteiger partial charge >= 0.3 is 0 Å². The van der Waals surface area contributed by atoms with E-state index in [1.165, 1.54) is 27.2 Å². The zero-order chi connectivity index (χ0) is 22.5. The summed E-state index contributed by atoms with van der Waals surface area (Å²) >= 11 is 3.30. The monoisotopic (exact) mass is 500 g/mol. The third kappa shape index (κ3) is 3.61. The van der Waals surface area contributed by atoms with Gasteiger partial charge in [-0.15, -0.1) is 0 Å². The Morgan fingerprint density at radius 3 is 2.45 bits per heavy atom. The van der Waals surface area contributed by atoms with Gasteiger partial charge in [0.2, 0.25) is 9.84 Å². The number of rotatable bonds is 4. The number of hydrogen-bond donors (Lipinski definition) is 1. The minimum atomic E-state index is -4.02. The van der Waals surface area contributed by atoms with Crippen LogP contribution in [0.25, 0.3) is 16.7 Å². The van der Waals surface area contributed by atoms with Crippen LogP contribution >= 0.6 is 15.9 Å². The van der Waals surface area contributed by atoms with Crippen LogP contribution in [0.3, 0.4) is 0 Å². The van der Waals surface area contributed by atoms with Crippen molar-refractivity contribution < 1.29 is 8.42 Å². The Morgan fingerprint density at radius 1 is 1.13 bits per heavy atom. The summed E-state index contributed by atoms with van der Waals surface area (Å²) in [6.07, 6.45) is 1.61. The van der Waals surface area contributed by atoms with Crippen molar-refractivity contribution in [1.82, 2.24) is 14.0 Å². The third-order valence-corrected chi connectivity index (χ3v) is 7.37. The van der Waals surface area contributed by atoms with Crippen LogP contribution in [0.15, 0.2) is 67.7 Å². The van der Waals surface area contributed by atoms with Gasteiger partial charge < -0.3 is 4.57 Å². The molecule has 4 aromatic rings. The second kappa shape index (κ2) is 7.72. The quantitative estimate of drug-likeness (QED) is 0.432. The zero-order valence-corrected chi connectivity index (χ0v) is 19.7. The van der Waals surface area contributed by atoms with Gasteiger partial charge in [-0.3, -0.25) is 14.6 Å². The number of benzene rings is 1. The minimum absolute atomic E-state index is 0.0596. The maximum absolute atomic E-state index is 13.4. The van der Waals surface area contributed by atoms with E-state index in [0.717, 1.165) is 10.0 Å². The molecule has 4 rings (SSSR count). The van der Waals surface area contributed by atoms with Gasteiger partial charge in [0.15, 0.2) is 0 Å². The third-order valence-electron chi connectivity index (χ3n) is 5.06. The van der Waals surface area contributed by atoms with Crippen LogP contribution in [-0.4, -0.2) is 22.4 Å². The van der Waals surface area contributed by atoms with Crippen LogP contribution in [-0.2, 0) is 16.4 Å². The van der Waals surface area contributed by atoms with E-state index >= 15 is 0 Å². The topological polar surface area (TPSA) is 97.3 Å². The van der Waals surface area contributed by atoms with E-state index in [1.807, 2.05) is 26.8 Å². The highest BCUT2D eigenvalue weighted by Crippen LogP contribution is 2.23. The molecule has 0 unspecified atom stereocenters.